The molecule has 0 spiro atoms. The molecule has 0 unspecified atom stereocenters. The van der Waals surface area contributed by atoms with E-state index in [1.165, 1.54) is 33.5 Å². The van der Waals surface area contributed by atoms with Crippen LogP contribution < -0.4 is 0 Å². The summed E-state index contributed by atoms with van der Waals surface area (Å²) in [4.78, 5) is 4.27. The Bertz CT molecular complexity index is 1170. The third-order valence-electron chi connectivity index (χ3n) is 4.43. The predicted molar refractivity (Wildman–Crippen MR) is 94.5 cm³/mol. The van der Waals surface area contributed by atoms with Crippen molar-refractivity contribution in [1.82, 2.24) is 4.98 Å². The first kappa shape index (κ1) is 12.4. The summed E-state index contributed by atoms with van der Waals surface area (Å²) in [7, 11) is 0. The molecule has 5 aromatic rings. The summed E-state index contributed by atoms with van der Waals surface area (Å²) < 4.78 is 5.63. The molecule has 0 atom stereocenters. The number of hydrogen-bond acceptors (Lipinski definition) is 2. The predicted octanol–water partition coefficient (Wildman–Crippen LogP) is 5.80. The molecule has 0 saturated carbocycles. The third-order valence-corrected chi connectivity index (χ3v) is 4.43. The van der Waals surface area contributed by atoms with Crippen molar-refractivity contribution < 1.29 is 4.42 Å². The highest BCUT2D eigenvalue weighted by Crippen LogP contribution is 2.36. The number of para-hydroxylation sites is 1. The molecule has 0 saturated heterocycles. The first-order valence-corrected chi connectivity index (χ1v) is 7.65. The van der Waals surface area contributed by atoms with Crippen LogP contribution in [-0.4, -0.2) is 4.98 Å². The second-order valence-electron chi connectivity index (χ2n) is 5.69. The quantitative estimate of drug-likeness (QED) is 0.365. The van der Waals surface area contributed by atoms with Crippen molar-refractivity contribution in [3.05, 3.63) is 79.2 Å². The van der Waals surface area contributed by atoms with Gasteiger partial charge >= 0.3 is 0 Å². The molecule has 1 heterocycles. The van der Waals surface area contributed by atoms with Crippen LogP contribution in [0.3, 0.4) is 0 Å². The van der Waals surface area contributed by atoms with Gasteiger partial charge in [0.15, 0.2) is 12.0 Å². The van der Waals surface area contributed by atoms with Crippen LogP contribution in [0.25, 0.3) is 43.8 Å². The van der Waals surface area contributed by atoms with Crippen molar-refractivity contribution in [2.24, 2.45) is 0 Å². The van der Waals surface area contributed by atoms with Crippen LogP contribution in [0, 0.1) is 0 Å². The minimum atomic E-state index is 0.841. The van der Waals surface area contributed by atoms with Crippen LogP contribution in [0.5, 0.6) is 0 Å². The van der Waals surface area contributed by atoms with Crippen LogP contribution in [0.2, 0.25) is 0 Å². The van der Waals surface area contributed by atoms with Gasteiger partial charge in [-0.15, -0.1) is 0 Å². The molecule has 0 bridgehead atoms. The van der Waals surface area contributed by atoms with E-state index < -0.39 is 0 Å². The summed E-state index contributed by atoms with van der Waals surface area (Å²) in [6.45, 7) is 0. The second-order valence-corrected chi connectivity index (χ2v) is 5.69. The van der Waals surface area contributed by atoms with Crippen LogP contribution in [0.4, 0.5) is 0 Å². The molecule has 1 aromatic heterocycles. The van der Waals surface area contributed by atoms with Crippen molar-refractivity contribution in [3.63, 3.8) is 0 Å². The monoisotopic (exact) mass is 295 g/mol. The summed E-state index contributed by atoms with van der Waals surface area (Å²) in [5.74, 6) is 0. The minimum absolute atomic E-state index is 0.841. The standard InChI is InChI=1S/C21H13NO/c1-2-6-15-14(5-1)11-12-18-16(15)7-3-8-17(18)19-9-4-10-20-21(19)23-13-22-20/h1-13H. The van der Waals surface area contributed by atoms with E-state index in [4.69, 9.17) is 4.42 Å². The summed E-state index contributed by atoms with van der Waals surface area (Å²) >= 11 is 0. The van der Waals surface area contributed by atoms with Crippen molar-refractivity contribution in [2.45, 2.75) is 0 Å². The van der Waals surface area contributed by atoms with E-state index in [1.54, 1.807) is 0 Å². The summed E-state index contributed by atoms with van der Waals surface area (Å²) in [5, 5.41) is 5.03. The van der Waals surface area contributed by atoms with E-state index in [2.05, 4.69) is 65.6 Å². The lowest BCUT2D eigenvalue weighted by Crippen LogP contribution is -1.84. The van der Waals surface area contributed by atoms with Gasteiger partial charge in [-0.2, -0.15) is 0 Å². The Hall–Kier alpha value is -3.13. The lowest BCUT2D eigenvalue weighted by molar-refractivity contribution is 0.603. The smallest absolute Gasteiger partial charge is 0.182 e. The van der Waals surface area contributed by atoms with Crippen molar-refractivity contribution in [2.75, 3.05) is 0 Å². The summed E-state index contributed by atoms with van der Waals surface area (Å²) in [6, 6.07) is 25.4. The zero-order chi connectivity index (χ0) is 15.2. The molecule has 2 nitrogen and oxygen atoms in total. The molecule has 108 valence electrons. The largest absolute Gasteiger partial charge is 0.443 e. The molecule has 5 rings (SSSR count). The number of fused-ring (bicyclic) bond motifs is 4. The highest BCUT2D eigenvalue weighted by molar-refractivity contribution is 6.13. The Kier molecular flexibility index (Phi) is 2.53. The van der Waals surface area contributed by atoms with Gasteiger partial charge < -0.3 is 4.42 Å². The summed E-state index contributed by atoms with van der Waals surface area (Å²) in [5.41, 5.74) is 3.99. The van der Waals surface area contributed by atoms with Gasteiger partial charge in [0.2, 0.25) is 0 Å². The molecule has 0 aliphatic heterocycles. The normalized spacial score (nSPS) is 11.5. The molecule has 0 radical (unpaired) electrons. The average molecular weight is 295 g/mol. The Morgan fingerprint density at radius 3 is 2.43 bits per heavy atom. The lowest BCUT2D eigenvalue weighted by Gasteiger charge is -2.09. The minimum Gasteiger partial charge on any atom is -0.443 e. The number of nitrogens with zero attached hydrogens (tertiary/aromatic N) is 1. The van der Waals surface area contributed by atoms with Crippen LogP contribution in [0.15, 0.2) is 83.6 Å². The maximum absolute atomic E-state index is 5.63. The molecular weight excluding hydrogens is 282 g/mol. The van der Waals surface area contributed by atoms with E-state index in [-0.39, 0.29) is 0 Å². The zero-order valence-electron chi connectivity index (χ0n) is 12.4. The number of aromatic nitrogens is 1. The van der Waals surface area contributed by atoms with Crippen LogP contribution in [0.1, 0.15) is 0 Å². The van der Waals surface area contributed by atoms with Crippen molar-refractivity contribution in [3.8, 4) is 11.1 Å². The number of benzene rings is 4. The van der Waals surface area contributed by atoms with Gasteiger partial charge in [0.1, 0.15) is 5.52 Å². The highest BCUT2D eigenvalue weighted by atomic mass is 16.3. The Balaban J connectivity index is 1.92. The maximum atomic E-state index is 5.63. The lowest BCUT2D eigenvalue weighted by atomic mass is 9.94. The van der Waals surface area contributed by atoms with Crippen molar-refractivity contribution >= 4 is 32.6 Å². The van der Waals surface area contributed by atoms with E-state index >= 15 is 0 Å². The Morgan fingerprint density at radius 1 is 0.609 bits per heavy atom. The average Bonchev–Trinajstić information content (AvgIpc) is 3.10. The van der Waals surface area contributed by atoms with Gasteiger partial charge in [0.25, 0.3) is 0 Å². The number of oxazole rings is 1. The van der Waals surface area contributed by atoms with Gasteiger partial charge in [0.05, 0.1) is 0 Å². The van der Waals surface area contributed by atoms with Gasteiger partial charge in [-0.25, -0.2) is 4.98 Å². The first-order chi connectivity index (χ1) is 11.4. The Labute approximate surface area is 133 Å². The fourth-order valence-corrected chi connectivity index (χ4v) is 3.37. The van der Waals surface area contributed by atoms with E-state index in [0.717, 1.165) is 16.7 Å². The molecular formula is C21H13NO. The molecule has 0 N–H and O–H groups in total. The fraction of sp³-hybridized carbons (Fsp3) is 0. The Morgan fingerprint density at radius 2 is 1.43 bits per heavy atom. The number of hydrogen-bond donors (Lipinski definition) is 0. The highest BCUT2D eigenvalue weighted by Gasteiger charge is 2.11. The molecule has 0 aliphatic carbocycles. The van der Waals surface area contributed by atoms with Gasteiger partial charge in [-0.1, -0.05) is 66.7 Å². The maximum Gasteiger partial charge on any atom is 0.182 e. The van der Waals surface area contributed by atoms with Gasteiger partial charge in [0, 0.05) is 5.56 Å². The van der Waals surface area contributed by atoms with E-state index in [9.17, 15) is 0 Å². The second kappa shape index (κ2) is 4.68. The van der Waals surface area contributed by atoms with Gasteiger partial charge in [-0.05, 0) is 33.2 Å². The van der Waals surface area contributed by atoms with Crippen LogP contribution in [-0.2, 0) is 0 Å². The first-order valence-electron chi connectivity index (χ1n) is 7.65. The topological polar surface area (TPSA) is 26.0 Å². The molecule has 4 aromatic carbocycles. The molecule has 23 heavy (non-hydrogen) atoms. The number of rotatable bonds is 1. The van der Waals surface area contributed by atoms with Crippen LogP contribution >= 0.6 is 0 Å². The molecule has 0 amide bonds. The third kappa shape index (κ3) is 1.78. The SMILES string of the molecule is c1ccc2c(c1)ccc1c(-c3cccc4ncoc34)cccc12. The summed E-state index contributed by atoms with van der Waals surface area (Å²) in [6.07, 6.45) is 1.51. The van der Waals surface area contributed by atoms with Crippen molar-refractivity contribution in [1.29, 1.82) is 0 Å². The van der Waals surface area contributed by atoms with Gasteiger partial charge in [-0.3, -0.25) is 0 Å². The molecule has 2 heteroatoms. The molecule has 0 aliphatic rings. The van der Waals surface area contributed by atoms with E-state index in [1.807, 2.05) is 12.1 Å². The zero-order valence-corrected chi connectivity index (χ0v) is 12.4. The fourth-order valence-electron chi connectivity index (χ4n) is 3.37. The molecule has 0 fully saturated rings. The van der Waals surface area contributed by atoms with E-state index in [0.29, 0.717) is 0 Å².